The minimum Gasteiger partial charge on any atom is -0.372 e. The number of morpholine rings is 1. The van der Waals surface area contributed by atoms with E-state index in [1.54, 1.807) is 17.0 Å². The molecular formula is C23H27F4N5O2. The Morgan fingerprint density at radius 1 is 1.03 bits per heavy atom. The van der Waals surface area contributed by atoms with Crippen molar-refractivity contribution in [1.82, 2.24) is 9.88 Å². The van der Waals surface area contributed by atoms with E-state index in [-0.39, 0.29) is 18.2 Å². The van der Waals surface area contributed by atoms with Crippen LogP contribution in [0.5, 0.6) is 0 Å². The molecule has 34 heavy (non-hydrogen) atoms. The Labute approximate surface area is 195 Å². The lowest BCUT2D eigenvalue weighted by Crippen LogP contribution is -2.50. The van der Waals surface area contributed by atoms with Gasteiger partial charge in [-0.15, -0.1) is 0 Å². The van der Waals surface area contributed by atoms with E-state index in [1.807, 2.05) is 23.6 Å². The Balaban J connectivity index is 1.32. The van der Waals surface area contributed by atoms with E-state index in [0.717, 1.165) is 12.3 Å². The number of halogens is 4. The molecule has 1 N–H and O–H groups in total. The third-order valence-electron chi connectivity index (χ3n) is 5.93. The fourth-order valence-corrected chi connectivity index (χ4v) is 4.30. The van der Waals surface area contributed by atoms with Gasteiger partial charge in [0.15, 0.2) is 0 Å². The number of alkyl halides is 3. The molecule has 3 heterocycles. The zero-order chi connectivity index (χ0) is 24.5. The van der Waals surface area contributed by atoms with Crippen LogP contribution in [-0.2, 0) is 10.9 Å². The second-order valence-corrected chi connectivity index (χ2v) is 8.64. The third-order valence-corrected chi connectivity index (χ3v) is 5.93. The number of carbonyl (C=O) groups is 1. The number of hydrogen-bond acceptors (Lipinski definition) is 5. The van der Waals surface area contributed by atoms with Gasteiger partial charge < -0.3 is 24.8 Å². The summed E-state index contributed by atoms with van der Waals surface area (Å²) in [5, 5.41) is 2.72. The molecule has 2 aliphatic heterocycles. The first-order valence-electron chi connectivity index (χ1n) is 11.1. The molecule has 184 valence electrons. The van der Waals surface area contributed by atoms with Crippen LogP contribution in [0.15, 0.2) is 36.5 Å². The van der Waals surface area contributed by atoms with Crippen LogP contribution in [0.2, 0.25) is 0 Å². The Bertz CT molecular complexity index is 999. The van der Waals surface area contributed by atoms with Crippen LogP contribution in [0.3, 0.4) is 0 Å². The lowest BCUT2D eigenvalue weighted by atomic mass is 10.2. The highest BCUT2D eigenvalue weighted by molar-refractivity contribution is 5.89. The van der Waals surface area contributed by atoms with Gasteiger partial charge in [0, 0.05) is 51.2 Å². The number of rotatable bonds is 3. The van der Waals surface area contributed by atoms with Gasteiger partial charge in [-0.2, -0.15) is 13.2 Å². The van der Waals surface area contributed by atoms with E-state index in [1.165, 1.54) is 12.1 Å². The summed E-state index contributed by atoms with van der Waals surface area (Å²) >= 11 is 0. The molecule has 2 fully saturated rings. The second-order valence-electron chi connectivity index (χ2n) is 8.64. The predicted octanol–water partition coefficient (Wildman–Crippen LogP) is 4.21. The quantitative estimate of drug-likeness (QED) is 0.666. The number of ether oxygens (including phenoxy) is 1. The first-order chi connectivity index (χ1) is 16.1. The van der Waals surface area contributed by atoms with Crippen molar-refractivity contribution in [2.24, 2.45) is 0 Å². The largest absolute Gasteiger partial charge is 0.417 e. The number of amides is 2. The number of piperazine rings is 1. The van der Waals surface area contributed by atoms with E-state index in [4.69, 9.17) is 4.74 Å². The van der Waals surface area contributed by atoms with Crippen LogP contribution in [0.25, 0.3) is 0 Å². The maximum atomic E-state index is 14.8. The summed E-state index contributed by atoms with van der Waals surface area (Å²) in [4.78, 5) is 21.9. The summed E-state index contributed by atoms with van der Waals surface area (Å²) < 4.78 is 58.6. The molecule has 2 saturated heterocycles. The van der Waals surface area contributed by atoms with Crippen LogP contribution in [0.4, 0.5) is 39.5 Å². The minimum atomic E-state index is -4.43. The first-order valence-corrected chi connectivity index (χ1v) is 11.1. The lowest BCUT2D eigenvalue weighted by molar-refractivity contribution is -0.137. The van der Waals surface area contributed by atoms with Gasteiger partial charge in [-0.1, -0.05) is 0 Å². The van der Waals surface area contributed by atoms with Crippen molar-refractivity contribution in [2.75, 3.05) is 54.4 Å². The first kappa shape index (κ1) is 24.1. The van der Waals surface area contributed by atoms with Crippen molar-refractivity contribution < 1.29 is 27.1 Å². The van der Waals surface area contributed by atoms with Crippen LogP contribution >= 0.6 is 0 Å². The van der Waals surface area contributed by atoms with E-state index in [0.29, 0.717) is 56.5 Å². The molecule has 2 atom stereocenters. The highest BCUT2D eigenvalue weighted by Gasteiger charge is 2.31. The Morgan fingerprint density at radius 2 is 1.71 bits per heavy atom. The molecule has 1 aromatic carbocycles. The van der Waals surface area contributed by atoms with Crippen LogP contribution in [-0.4, -0.2) is 67.4 Å². The van der Waals surface area contributed by atoms with E-state index >= 15 is 0 Å². The second kappa shape index (κ2) is 9.65. The van der Waals surface area contributed by atoms with Gasteiger partial charge in [-0.25, -0.2) is 14.2 Å². The Morgan fingerprint density at radius 3 is 2.26 bits per heavy atom. The van der Waals surface area contributed by atoms with Crippen molar-refractivity contribution in [1.29, 1.82) is 0 Å². The molecule has 11 heteroatoms. The standard InChI is InChI=1S/C23H27F4N5O2/c1-15-13-32(14-16(2)34-15)20-5-4-18(11-19(20)24)29-22(33)31-9-7-30(8-10-31)21-6-3-17(12-28-21)23(25,26)27/h3-6,11-12,15-16H,7-10,13-14H2,1-2H3,(H,29,33). The highest BCUT2D eigenvalue weighted by atomic mass is 19.4. The SMILES string of the molecule is CC1CN(c2ccc(NC(=O)N3CCN(c4ccc(C(F)(F)F)cn4)CC3)cc2F)CC(C)O1. The average molecular weight is 481 g/mol. The van der Waals surface area contributed by atoms with Gasteiger partial charge >= 0.3 is 12.2 Å². The van der Waals surface area contributed by atoms with E-state index in [9.17, 15) is 22.4 Å². The van der Waals surface area contributed by atoms with Gasteiger partial charge in [0.05, 0.1) is 23.5 Å². The van der Waals surface area contributed by atoms with Crippen molar-refractivity contribution >= 4 is 23.2 Å². The number of nitrogens with one attached hydrogen (secondary N) is 1. The number of hydrogen-bond donors (Lipinski definition) is 1. The molecule has 0 spiro atoms. The maximum absolute atomic E-state index is 14.8. The van der Waals surface area contributed by atoms with Crippen molar-refractivity contribution in [3.8, 4) is 0 Å². The Hall–Kier alpha value is -3.08. The maximum Gasteiger partial charge on any atom is 0.417 e. The molecule has 0 bridgehead atoms. The van der Waals surface area contributed by atoms with Gasteiger partial charge in [0.1, 0.15) is 11.6 Å². The average Bonchev–Trinajstić information content (AvgIpc) is 2.78. The zero-order valence-corrected chi connectivity index (χ0v) is 19.0. The number of anilines is 3. The highest BCUT2D eigenvalue weighted by Crippen LogP contribution is 2.30. The van der Waals surface area contributed by atoms with Crippen LogP contribution in [0.1, 0.15) is 19.4 Å². The molecule has 0 radical (unpaired) electrons. The molecule has 4 rings (SSSR count). The fourth-order valence-electron chi connectivity index (χ4n) is 4.30. The van der Waals surface area contributed by atoms with Crippen molar-refractivity contribution in [3.05, 3.63) is 47.9 Å². The van der Waals surface area contributed by atoms with Crippen LogP contribution < -0.4 is 15.1 Å². The molecule has 7 nitrogen and oxygen atoms in total. The minimum absolute atomic E-state index is 0.000952. The number of pyridine rings is 1. The number of urea groups is 1. The summed E-state index contributed by atoms with van der Waals surface area (Å²) in [5.41, 5.74) is 0.0234. The molecule has 2 amide bonds. The number of nitrogens with zero attached hydrogens (tertiary/aromatic N) is 4. The van der Waals surface area contributed by atoms with Crippen LogP contribution in [0, 0.1) is 5.82 Å². The summed E-state index contributed by atoms with van der Waals surface area (Å²) in [6.07, 6.45) is -3.62. The number of carbonyl (C=O) groups excluding carboxylic acids is 1. The molecule has 2 aromatic rings. The van der Waals surface area contributed by atoms with Gasteiger partial charge in [0.2, 0.25) is 0 Å². The number of aromatic nitrogens is 1. The molecule has 2 unspecified atom stereocenters. The molecule has 0 aliphatic carbocycles. The third kappa shape index (κ3) is 5.52. The monoisotopic (exact) mass is 481 g/mol. The van der Waals surface area contributed by atoms with Crippen molar-refractivity contribution in [3.63, 3.8) is 0 Å². The van der Waals surface area contributed by atoms with E-state index < -0.39 is 17.6 Å². The molecule has 1 aromatic heterocycles. The zero-order valence-electron chi connectivity index (χ0n) is 19.0. The summed E-state index contributed by atoms with van der Waals surface area (Å²) in [5.74, 6) is 0.00904. The summed E-state index contributed by atoms with van der Waals surface area (Å²) in [6, 6.07) is 6.60. The van der Waals surface area contributed by atoms with Gasteiger partial charge in [0.25, 0.3) is 0 Å². The lowest BCUT2D eigenvalue weighted by Gasteiger charge is -2.37. The molecular weight excluding hydrogens is 454 g/mol. The normalized spacial score (nSPS) is 21.5. The predicted molar refractivity (Wildman–Crippen MR) is 121 cm³/mol. The number of benzene rings is 1. The van der Waals surface area contributed by atoms with Gasteiger partial charge in [-0.3, -0.25) is 0 Å². The fraction of sp³-hybridized carbons (Fsp3) is 0.478. The summed E-state index contributed by atoms with van der Waals surface area (Å²) in [6.45, 7) is 6.64. The van der Waals surface area contributed by atoms with Crippen molar-refractivity contribution in [2.45, 2.75) is 32.2 Å². The van der Waals surface area contributed by atoms with Gasteiger partial charge in [-0.05, 0) is 44.2 Å². The Kier molecular flexibility index (Phi) is 6.83. The molecule has 0 saturated carbocycles. The smallest absolute Gasteiger partial charge is 0.372 e. The van der Waals surface area contributed by atoms with E-state index in [2.05, 4.69) is 10.3 Å². The topological polar surface area (TPSA) is 60.9 Å². The molecule has 2 aliphatic rings. The summed E-state index contributed by atoms with van der Waals surface area (Å²) in [7, 11) is 0.